The van der Waals surface area contributed by atoms with Crippen molar-refractivity contribution in [3.8, 4) is 6.07 Å². The van der Waals surface area contributed by atoms with E-state index in [0.717, 1.165) is 19.3 Å². The van der Waals surface area contributed by atoms with E-state index in [1.165, 1.54) is 44.9 Å². The van der Waals surface area contributed by atoms with E-state index in [9.17, 15) is 9.59 Å². The second-order valence-corrected chi connectivity index (χ2v) is 5.39. The van der Waals surface area contributed by atoms with Crippen molar-refractivity contribution in [3.63, 3.8) is 0 Å². The predicted molar refractivity (Wildman–Crippen MR) is 88.6 cm³/mol. The molecule has 23 heavy (non-hydrogen) atoms. The van der Waals surface area contributed by atoms with E-state index in [0.29, 0.717) is 6.61 Å². The smallest absolute Gasteiger partial charge is 0.319 e. The van der Waals surface area contributed by atoms with Crippen LogP contribution in [0.1, 0.15) is 71.1 Å². The third-order valence-electron chi connectivity index (χ3n) is 3.30. The number of primary amides is 1. The monoisotopic (exact) mass is 324 g/mol. The predicted octanol–water partition coefficient (Wildman–Crippen LogP) is 3.00. The van der Waals surface area contributed by atoms with Gasteiger partial charge in [-0.15, -0.1) is 0 Å². The quantitative estimate of drug-likeness (QED) is 0.307. The summed E-state index contributed by atoms with van der Waals surface area (Å²) in [5.41, 5.74) is 4.26. The number of imide groups is 1. The summed E-state index contributed by atoms with van der Waals surface area (Å²) in [6, 6.07) is 0.517. The molecule has 0 atom stereocenters. The molecule has 3 amide bonds. The van der Waals surface area contributed by atoms with E-state index < -0.39 is 17.6 Å². The van der Waals surface area contributed by atoms with Gasteiger partial charge in [-0.3, -0.25) is 10.1 Å². The lowest BCUT2D eigenvalue weighted by molar-refractivity contribution is -0.113. The van der Waals surface area contributed by atoms with Crippen LogP contribution < -0.4 is 11.1 Å². The standard InChI is InChI=1S/C16H28N4O3/c1-2-3-4-5-6-7-8-9-10-11-12-23-20-14(13-17)15(21)19-16(18)22/h2-12H2,1H3,(H3,18,19,21,22). The zero-order valence-electron chi connectivity index (χ0n) is 14.0. The molecule has 7 nitrogen and oxygen atoms in total. The molecule has 0 aromatic rings. The van der Waals surface area contributed by atoms with Crippen molar-refractivity contribution in [1.82, 2.24) is 5.32 Å². The highest BCUT2D eigenvalue weighted by Gasteiger charge is 2.13. The summed E-state index contributed by atoms with van der Waals surface area (Å²) in [7, 11) is 0. The van der Waals surface area contributed by atoms with E-state index in [1.54, 1.807) is 11.4 Å². The molecule has 0 aliphatic heterocycles. The van der Waals surface area contributed by atoms with Crippen LogP contribution in [0.2, 0.25) is 0 Å². The summed E-state index contributed by atoms with van der Waals surface area (Å²) in [5, 5.41) is 13.9. The Balaban J connectivity index is 3.56. The molecule has 130 valence electrons. The number of oxime groups is 1. The molecule has 7 heteroatoms. The molecule has 0 bridgehead atoms. The Bertz CT molecular complexity index is 416. The highest BCUT2D eigenvalue weighted by atomic mass is 16.6. The lowest BCUT2D eigenvalue weighted by atomic mass is 10.1. The average molecular weight is 324 g/mol. The molecule has 0 aliphatic rings. The number of rotatable bonds is 13. The first-order valence-electron chi connectivity index (χ1n) is 8.32. The molecule has 0 aliphatic carbocycles. The van der Waals surface area contributed by atoms with Gasteiger partial charge in [0.2, 0.25) is 5.71 Å². The molecule has 0 unspecified atom stereocenters. The van der Waals surface area contributed by atoms with Gasteiger partial charge in [0.1, 0.15) is 12.7 Å². The van der Waals surface area contributed by atoms with Crippen LogP contribution in [0.15, 0.2) is 5.16 Å². The Morgan fingerprint density at radius 3 is 2.04 bits per heavy atom. The van der Waals surface area contributed by atoms with Crippen LogP contribution in [0.25, 0.3) is 0 Å². The number of carbonyl (C=O) groups is 2. The summed E-state index contributed by atoms with van der Waals surface area (Å²) in [4.78, 5) is 26.7. The van der Waals surface area contributed by atoms with Gasteiger partial charge in [0.25, 0.3) is 5.91 Å². The Labute approximate surface area is 138 Å². The SMILES string of the molecule is CCCCCCCCCCCCON=C(C#N)C(=O)NC(N)=O. The molecule has 0 aromatic carbocycles. The van der Waals surface area contributed by atoms with Crippen molar-refractivity contribution in [2.45, 2.75) is 71.1 Å². The third-order valence-corrected chi connectivity index (χ3v) is 3.30. The van der Waals surface area contributed by atoms with E-state index >= 15 is 0 Å². The van der Waals surface area contributed by atoms with Gasteiger partial charge in [-0.1, -0.05) is 63.4 Å². The molecular formula is C16H28N4O3. The topological polar surface area (TPSA) is 118 Å². The first-order valence-corrected chi connectivity index (χ1v) is 8.32. The molecule has 0 heterocycles. The molecule has 0 fully saturated rings. The molecule has 0 radical (unpaired) electrons. The summed E-state index contributed by atoms with van der Waals surface area (Å²) in [6.07, 6.45) is 12.1. The number of nitrogens with one attached hydrogen (secondary N) is 1. The van der Waals surface area contributed by atoms with Gasteiger partial charge in [-0.25, -0.2) is 4.79 Å². The molecule has 0 rings (SSSR count). The van der Waals surface area contributed by atoms with Crippen molar-refractivity contribution < 1.29 is 14.4 Å². The lowest BCUT2D eigenvalue weighted by Crippen LogP contribution is -2.39. The fourth-order valence-electron chi connectivity index (χ4n) is 2.05. The zero-order valence-corrected chi connectivity index (χ0v) is 14.0. The van der Waals surface area contributed by atoms with Gasteiger partial charge >= 0.3 is 6.03 Å². The van der Waals surface area contributed by atoms with Gasteiger partial charge in [0.15, 0.2) is 0 Å². The minimum Gasteiger partial charge on any atom is -0.395 e. The van der Waals surface area contributed by atoms with Crippen LogP contribution in [0.3, 0.4) is 0 Å². The first kappa shape index (κ1) is 20.9. The van der Waals surface area contributed by atoms with Crippen molar-refractivity contribution in [3.05, 3.63) is 0 Å². The van der Waals surface area contributed by atoms with Crippen molar-refractivity contribution >= 4 is 17.6 Å². The van der Waals surface area contributed by atoms with E-state index in [4.69, 9.17) is 15.8 Å². The molecule has 0 aromatic heterocycles. The van der Waals surface area contributed by atoms with E-state index in [2.05, 4.69) is 12.1 Å². The van der Waals surface area contributed by atoms with Gasteiger partial charge < -0.3 is 10.6 Å². The Morgan fingerprint density at radius 1 is 1.04 bits per heavy atom. The van der Waals surface area contributed by atoms with Crippen molar-refractivity contribution in [2.24, 2.45) is 10.9 Å². The maximum Gasteiger partial charge on any atom is 0.319 e. The van der Waals surface area contributed by atoms with Gasteiger partial charge in [0.05, 0.1) is 0 Å². The number of urea groups is 1. The molecule has 0 spiro atoms. The molecular weight excluding hydrogens is 296 g/mol. The highest BCUT2D eigenvalue weighted by molar-refractivity contribution is 6.46. The summed E-state index contributed by atoms with van der Waals surface area (Å²) in [6.45, 7) is 2.56. The number of amides is 3. The van der Waals surface area contributed by atoms with Gasteiger partial charge in [0, 0.05) is 0 Å². The van der Waals surface area contributed by atoms with Crippen molar-refractivity contribution in [2.75, 3.05) is 6.61 Å². The number of carbonyl (C=O) groups excluding carboxylic acids is 2. The van der Waals surface area contributed by atoms with Crippen LogP contribution in [0.5, 0.6) is 0 Å². The Kier molecular flexibility index (Phi) is 13.5. The summed E-state index contributed by atoms with van der Waals surface area (Å²) >= 11 is 0. The number of hydrogen-bond donors (Lipinski definition) is 2. The number of nitrogens with zero attached hydrogens (tertiary/aromatic N) is 2. The highest BCUT2D eigenvalue weighted by Crippen LogP contribution is 2.10. The van der Waals surface area contributed by atoms with Crippen LogP contribution in [-0.4, -0.2) is 24.3 Å². The third kappa shape index (κ3) is 13.3. The van der Waals surface area contributed by atoms with Crippen LogP contribution in [0, 0.1) is 11.3 Å². The maximum atomic E-state index is 11.3. The molecule has 3 N–H and O–H groups in total. The van der Waals surface area contributed by atoms with Gasteiger partial charge in [-0.05, 0) is 12.8 Å². The molecule has 0 saturated heterocycles. The fourth-order valence-corrected chi connectivity index (χ4v) is 2.05. The number of hydrogen-bond acceptors (Lipinski definition) is 5. The van der Waals surface area contributed by atoms with E-state index in [-0.39, 0.29) is 0 Å². The van der Waals surface area contributed by atoms with Crippen LogP contribution in [-0.2, 0) is 9.63 Å². The molecule has 0 saturated carbocycles. The minimum atomic E-state index is -1.03. The van der Waals surface area contributed by atoms with Crippen LogP contribution in [0.4, 0.5) is 4.79 Å². The normalized spacial score (nSPS) is 10.9. The zero-order chi connectivity index (χ0) is 17.3. The number of nitrogens with two attached hydrogens (primary N) is 1. The largest absolute Gasteiger partial charge is 0.395 e. The average Bonchev–Trinajstić information content (AvgIpc) is 2.51. The number of unbranched alkanes of at least 4 members (excludes halogenated alkanes) is 9. The van der Waals surface area contributed by atoms with E-state index in [1.807, 2.05) is 0 Å². The van der Waals surface area contributed by atoms with Crippen LogP contribution >= 0.6 is 0 Å². The minimum absolute atomic E-state index is 0.339. The summed E-state index contributed by atoms with van der Waals surface area (Å²) < 4.78 is 0. The summed E-state index contributed by atoms with van der Waals surface area (Å²) in [5.74, 6) is -0.955. The Morgan fingerprint density at radius 2 is 1.57 bits per heavy atom. The maximum absolute atomic E-state index is 11.3. The second kappa shape index (κ2) is 14.8. The second-order valence-electron chi connectivity index (χ2n) is 5.39. The fraction of sp³-hybridized carbons (Fsp3) is 0.750. The first-order chi connectivity index (χ1) is 11.1. The lowest BCUT2D eigenvalue weighted by Gasteiger charge is -2.02. The van der Waals surface area contributed by atoms with Crippen molar-refractivity contribution in [1.29, 1.82) is 5.26 Å². The Hall–Kier alpha value is -2.10. The van der Waals surface area contributed by atoms with Gasteiger partial charge in [-0.2, -0.15) is 5.26 Å². The number of nitriles is 1.